The van der Waals surface area contributed by atoms with E-state index in [4.69, 9.17) is 0 Å². The van der Waals surface area contributed by atoms with Crippen LogP contribution in [-0.2, 0) is 21.4 Å². The maximum atomic E-state index is 12.0. The van der Waals surface area contributed by atoms with Crippen LogP contribution in [0.25, 0.3) is 0 Å². The Morgan fingerprint density at radius 3 is 2.90 bits per heavy atom. The number of aromatic nitrogens is 4. The van der Waals surface area contributed by atoms with Gasteiger partial charge >= 0.3 is 0 Å². The molecule has 21 heavy (non-hydrogen) atoms. The third kappa shape index (κ3) is 3.40. The van der Waals surface area contributed by atoms with E-state index in [1.165, 1.54) is 29.5 Å². The molecule has 2 heterocycles. The highest BCUT2D eigenvalue weighted by Crippen LogP contribution is 2.18. The summed E-state index contributed by atoms with van der Waals surface area (Å²) in [6, 6.07) is 0.284. The molecule has 3 rings (SSSR count). The Kier molecular flexibility index (Phi) is 3.37. The number of nitrogens with one attached hydrogen (secondary N) is 3. The second-order valence-electron chi connectivity index (χ2n) is 4.81. The van der Waals surface area contributed by atoms with Crippen LogP contribution in [0.3, 0.4) is 0 Å². The first-order chi connectivity index (χ1) is 10.0. The minimum Gasteiger partial charge on any atom is -0.352 e. The number of aromatic amines is 1. The van der Waals surface area contributed by atoms with Gasteiger partial charge < -0.3 is 5.32 Å². The van der Waals surface area contributed by atoms with Gasteiger partial charge in [0, 0.05) is 18.4 Å². The van der Waals surface area contributed by atoms with Crippen LogP contribution in [0.1, 0.15) is 12.8 Å². The minimum atomic E-state index is -3.69. The van der Waals surface area contributed by atoms with Gasteiger partial charge in [-0.15, -0.1) is 0 Å². The quantitative estimate of drug-likeness (QED) is 0.675. The van der Waals surface area contributed by atoms with Crippen molar-refractivity contribution in [3.63, 3.8) is 0 Å². The Morgan fingerprint density at radius 2 is 2.24 bits per heavy atom. The van der Waals surface area contributed by atoms with Crippen LogP contribution >= 0.6 is 0 Å². The molecule has 3 N–H and O–H groups in total. The molecule has 0 aliphatic heterocycles. The monoisotopic (exact) mass is 310 g/mol. The standard InChI is InChI=1S/C11H14N6O3S/c18-11(15-8-1-2-8)7-17-6-9(3-14-17)16-21(19,20)10-4-12-13-5-10/h3-6,8,16H,1-2,7H2,(H,12,13)(H,15,18). The molecule has 0 spiro atoms. The van der Waals surface area contributed by atoms with E-state index in [2.05, 4.69) is 25.3 Å². The van der Waals surface area contributed by atoms with E-state index in [9.17, 15) is 13.2 Å². The number of H-pyrrole nitrogens is 1. The maximum absolute atomic E-state index is 12.0. The molecule has 0 atom stereocenters. The van der Waals surface area contributed by atoms with Gasteiger partial charge in [0.2, 0.25) is 5.91 Å². The van der Waals surface area contributed by atoms with Gasteiger partial charge in [-0.05, 0) is 12.8 Å². The molecular weight excluding hydrogens is 296 g/mol. The highest BCUT2D eigenvalue weighted by Gasteiger charge is 2.23. The topological polar surface area (TPSA) is 122 Å². The normalized spacial score (nSPS) is 14.9. The lowest BCUT2D eigenvalue weighted by atomic mass is 10.5. The van der Waals surface area contributed by atoms with Crippen molar-refractivity contribution < 1.29 is 13.2 Å². The van der Waals surface area contributed by atoms with E-state index in [-0.39, 0.29) is 29.1 Å². The molecule has 1 fully saturated rings. The van der Waals surface area contributed by atoms with E-state index in [0.29, 0.717) is 0 Å². The molecule has 1 aliphatic carbocycles. The van der Waals surface area contributed by atoms with Crippen LogP contribution in [0.2, 0.25) is 0 Å². The van der Waals surface area contributed by atoms with Gasteiger partial charge in [0.1, 0.15) is 11.4 Å². The van der Waals surface area contributed by atoms with Gasteiger partial charge in [-0.3, -0.25) is 19.3 Å². The molecule has 0 bridgehead atoms. The lowest BCUT2D eigenvalue weighted by Crippen LogP contribution is -2.29. The number of rotatable bonds is 6. The molecule has 0 radical (unpaired) electrons. The van der Waals surface area contributed by atoms with Crippen molar-refractivity contribution in [1.82, 2.24) is 25.3 Å². The molecule has 1 amide bonds. The summed E-state index contributed by atoms with van der Waals surface area (Å²) in [6.45, 7) is 0.0595. The van der Waals surface area contributed by atoms with Gasteiger partial charge in [0.25, 0.3) is 10.0 Å². The Bertz CT molecular complexity index is 732. The number of hydrogen-bond donors (Lipinski definition) is 3. The Morgan fingerprint density at radius 1 is 1.43 bits per heavy atom. The highest BCUT2D eigenvalue weighted by molar-refractivity contribution is 7.92. The molecule has 9 nitrogen and oxygen atoms in total. The molecule has 2 aromatic heterocycles. The lowest BCUT2D eigenvalue weighted by Gasteiger charge is -2.03. The molecule has 2 aromatic rings. The predicted molar refractivity (Wildman–Crippen MR) is 72.8 cm³/mol. The first kappa shape index (κ1) is 13.6. The van der Waals surface area contributed by atoms with E-state index >= 15 is 0 Å². The van der Waals surface area contributed by atoms with Crippen molar-refractivity contribution in [2.24, 2.45) is 0 Å². The summed E-state index contributed by atoms with van der Waals surface area (Å²) >= 11 is 0. The molecule has 112 valence electrons. The summed E-state index contributed by atoms with van der Waals surface area (Å²) in [5, 5.41) is 12.8. The summed E-state index contributed by atoms with van der Waals surface area (Å²) in [5.74, 6) is -0.134. The van der Waals surface area contributed by atoms with Crippen molar-refractivity contribution in [1.29, 1.82) is 0 Å². The van der Waals surface area contributed by atoms with E-state index in [1.807, 2.05) is 0 Å². The number of anilines is 1. The van der Waals surface area contributed by atoms with Gasteiger partial charge in [-0.25, -0.2) is 8.42 Å². The second-order valence-corrected chi connectivity index (χ2v) is 6.49. The number of amides is 1. The van der Waals surface area contributed by atoms with E-state index in [0.717, 1.165) is 12.8 Å². The van der Waals surface area contributed by atoms with Gasteiger partial charge in [0.15, 0.2) is 0 Å². The molecule has 0 saturated heterocycles. The number of carbonyl (C=O) groups excluding carboxylic acids is 1. The average Bonchev–Trinajstić information content (AvgIpc) is 2.92. The van der Waals surface area contributed by atoms with Crippen LogP contribution in [0.15, 0.2) is 29.7 Å². The Labute approximate surface area is 120 Å². The lowest BCUT2D eigenvalue weighted by molar-refractivity contribution is -0.122. The zero-order valence-corrected chi connectivity index (χ0v) is 11.8. The molecule has 1 aliphatic rings. The second kappa shape index (κ2) is 5.20. The average molecular weight is 310 g/mol. The van der Waals surface area contributed by atoms with Gasteiger partial charge in [-0.1, -0.05) is 0 Å². The first-order valence-electron chi connectivity index (χ1n) is 6.36. The molecule has 1 saturated carbocycles. The summed E-state index contributed by atoms with van der Waals surface area (Å²) < 4.78 is 27.7. The largest absolute Gasteiger partial charge is 0.352 e. The number of sulfonamides is 1. The Balaban J connectivity index is 1.63. The van der Waals surface area contributed by atoms with E-state index in [1.54, 1.807) is 0 Å². The number of carbonyl (C=O) groups is 1. The smallest absolute Gasteiger partial charge is 0.265 e. The fraction of sp³-hybridized carbons (Fsp3) is 0.364. The number of hydrogen-bond acceptors (Lipinski definition) is 5. The van der Waals surface area contributed by atoms with Gasteiger partial charge in [-0.2, -0.15) is 10.2 Å². The molecule has 10 heteroatoms. The van der Waals surface area contributed by atoms with Crippen molar-refractivity contribution in [3.05, 3.63) is 24.8 Å². The Hall–Kier alpha value is -2.36. The SMILES string of the molecule is O=C(Cn1cc(NS(=O)(=O)c2cn[nH]c2)cn1)NC1CC1. The summed E-state index contributed by atoms with van der Waals surface area (Å²) in [4.78, 5) is 11.7. The van der Waals surface area contributed by atoms with Gasteiger partial charge in [0.05, 0.1) is 18.1 Å². The fourth-order valence-electron chi connectivity index (χ4n) is 1.75. The van der Waals surface area contributed by atoms with Crippen molar-refractivity contribution in [2.75, 3.05) is 4.72 Å². The summed E-state index contributed by atoms with van der Waals surface area (Å²) in [7, 11) is -3.69. The zero-order valence-electron chi connectivity index (χ0n) is 11.0. The fourth-order valence-corrected chi connectivity index (χ4v) is 2.68. The number of nitrogens with zero attached hydrogens (tertiary/aromatic N) is 3. The molecular formula is C11H14N6O3S. The molecule has 0 aromatic carbocycles. The van der Waals surface area contributed by atoms with Crippen LogP contribution in [0, 0.1) is 0 Å². The van der Waals surface area contributed by atoms with Crippen molar-refractivity contribution in [2.45, 2.75) is 30.3 Å². The maximum Gasteiger partial charge on any atom is 0.265 e. The van der Waals surface area contributed by atoms with Crippen molar-refractivity contribution in [3.8, 4) is 0 Å². The van der Waals surface area contributed by atoms with Crippen molar-refractivity contribution >= 4 is 21.6 Å². The molecule has 0 unspecified atom stereocenters. The third-order valence-corrected chi connectivity index (χ3v) is 4.27. The van der Waals surface area contributed by atoms with Crippen LogP contribution < -0.4 is 10.0 Å². The zero-order chi connectivity index (χ0) is 14.9. The van der Waals surface area contributed by atoms with Crippen LogP contribution in [0.5, 0.6) is 0 Å². The first-order valence-corrected chi connectivity index (χ1v) is 7.85. The minimum absolute atomic E-state index is 0.0294. The van der Waals surface area contributed by atoms with Crippen LogP contribution in [-0.4, -0.2) is 40.3 Å². The predicted octanol–water partition coefficient (Wildman–Crippen LogP) is -0.314. The highest BCUT2D eigenvalue weighted by atomic mass is 32.2. The third-order valence-electron chi connectivity index (χ3n) is 2.92. The summed E-state index contributed by atoms with van der Waals surface area (Å²) in [6.07, 6.45) is 7.32. The van der Waals surface area contributed by atoms with Crippen LogP contribution in [0.4, 0.5) is 5.69 Å². The van der Waals surface area contributed by atoms with E-state index < -0.39 is 10.0 Å². The summed E-state index contributed by atoms with van der Waals surface area (Å²) in [5.41, 5.74) is 0.287.